The van der Waals surface area contributed by atoms with Gasteiger partial charge in [-0.15, -0.1) is 0 Å². The third kappa shape index (κ3) is 4.65. The Hall–Kier alpha value is -2.87. The fourth-order valence-corrected chi connectivity index (χ4v) is 3.07. The number of benzene rings is 2. The average Bonchev–Trinajstić information content (AvgIpc) is 2.65. The number of pyridine rings is 1. The summed E-state index contributed by atoms with van der Waals surface area (Å²) >= 11 is 0. The highest BCUT2D eigenvalue weighted by molar-refractivity contribution is 5.78. The van der Waals surface area contributed by atoms with E-state index in [1.54, 1.807) is 0 Å². The molecule has 0 aliphatic rings. The van der Waals surface area contributed by atoms with Crippen LogP contribution in [0.3, 0.4) is 0 Å². The van der Waals surface area contributed by atoms with Crippen LogP contribution in [-0.2, 0) is 11.8 Å². The second-order valence-electron chi connectivity index (χ2n) is 8.02. The van der Waals surface area contributed by atoms with Crippen LogP contribution in [0.1, 0.15) is 48.7 Å². The number of aromatic amines is 1. The standard InChI is InChI=1S/C25H27NO/c1-18-10-17-23(26-24(18)27)22(16-11-19-8-6-5-7-9-19)20-12-14-21(15-13-20)25(2,3)4/h5-10,12-17H,11H2,1-4H3,(H,26,27)/b22-16+. The van der Waals surface area contributed by atoms with Crippen LogP contribution in [0.4, 0.5) is 0 Å². The minimum Gasteiger partial charge on any atom is -0.322 e. The van der Waals surface area contributed by atoms with Crippen molar-refractivity contribution in [1.82, 2.24) is 4.98 Å². The van der Waals surface area contributed by atoms with Crippen LogP contribution in [0.2, 0.25) is 0 Å². The zero-order chi connectivity index (χ0) is 19.4. The topological polar surface area (TPSA) is 32.9 Å². The fourth-order valence-electron chi connectivity index (χ4n) is 3.07. The highest BCUT2D eigenvalue weighted by Gasteiger charge is 2.14. The Morgan fingerprint density at radius 1 is 0.926 bits per heavy atom. The SMILES string of the molecule is Cc1ccc(/C(=C/Cc2ccccc2)c2ccc(C(C)(C)C)cc2)[nH]c1=O. The summed E-state index contributed by atoms with van der Waals surface area (Å²) in [7, 11) is 0. The lowest BCUT2D eigenvalue weighted by Crippen LogP contribution is -2.12. The largest absolute Gasteiger partial charge is 0.322 e. The van der Waals surface area contributed by atoms with Crippen molar-refractivity contribution >= 4 is 5.57 Å². The normalized spacial score (nSPS) is 12.2. The van der Waals surface area contributed by atoms with Gasteiger partial charge in [0.25, 0.3) is 5.56 Å². The summed E-state index contributed by atoms with van der Waals surface area (Å²) in [6.45, 7) is 8.47. The van der Waals surface area contributed by atoms with Crippen LogP contribution in [0.25, 0.3) is 5.57 Å². The average molecular weight is 357 g/mol. The van der Waals surface area contributed by atoms with E-state index in [-0.39, 0.29) is 11.0 Å². The maximum absolute atomic E-state index is 12.2. The van der Waals surface area contributed by atoms with Gasteiger partial charge in [0, 0.05) is 16.8 Å². The quantitative estimate of drug-likeness (QED) is 0.642. The number of aromatic nitrogens is 1. The predicted octanol–water partition coefficient (Wildman–Crippen LogP) is 5.66. The molecule has 3 aromatic rings. The Bertz CT molecular complexity index is 987. The summed E-state index contributed by atoms with van der Waals surface area (Å²) in [5.74, 6) is 0. The van der Waals surface area contributed by atoms with Gasteiger partial charge in [0.2, 0.25) is 0 Å². The van der Waals surface area contributed by atoms with Crippen LogP contribution in [0.5, 0.6) is 0 Å². The lowest BCUT2D eigenvalue weighted by Gasteiger charge is -2.19. The van der Waals surface area contributed by atoms with E-state index in [0.717, 1.165) is 28.8 Å². The van der Waals surface area contributed by atoms with Gasteiger partial charge in [-0.25, -0.2) is 0 Å². The van der Waals surface area contributed by atoms with Gasteiger partial charge in [-0.1, -0.05) is 87.5 Å². The van der Waals surface area contributed by atoms with Crippen LogP contribution in [0.15, 0.2) is 77.6 Å². The number of H-pyrrole nitrogens is 1. The molecule has 138 valence electrons. The Morgan fingerprint density at radius 3 is 2.19 bits per heavy atom. The van der Waals surface area contributed by atoms with Crippen molar-refractivity contribution in [3.8, 4) is 0 Å². The second-order valence-corrected chi connectivity index (χ2v) is 8.02. The first-order valence-corrected chi connectivity index (χ1v) is 9.40. The van der Waals surface area contributed by atoms with Crippen LogP contribution >= 0.6 is 0 Å². The number of hydrogen-bond acceptors (Lipinski definition) is 1. The molecule has 0 saturated carbocycles. The van der Waals surface area contributed by atoms with Crippen molar-refractivity contribution in [3.63, 3.8) is 0 Å². The minimum atomic E-state index is -0.0376. The van der Waals surface area contributed by atoms with E-state index in [4.69, 9.17) is 0 Å². The maximum atomic E-state index is 12.2. The Balaban J connectivity index is 2.03. The number of aryl methyl sites for hydroxylation is 1. The molecule has 2 aromatic carbocycles. The first-order valence-electron chi connectivity index (χ1n) is 9.40. The molecule has 1 N–H and O–H groups in total. The first kappa shape index (κ1) is 18.9. The van der Waals surface area contributed by atoms with Gasteiger partial charge in [-0.05, 0) is 41.5 Å². The molecule has 0 spiro atoms. The summed E-state index contributed by atoms with van der Waals surface area (Å²) in [4.78, 5) is 15.2. The van der Waals surface area contributed by atoms with Crippen molar-refractivity contribution < 1.29 is 0 Å². The zero-order valence-electron chi connectivity index (χ0n) is 16.5. The fraction of sp³-hybridized carbons (Fsp3) is 0.240. The predicted molar refractivity (Wildman–Crippen MR) is 114 cm³/mol. The smallest absolute Gasteiger partial charge is 0.251 e. The van der Waals surface area contributed by atoms with Crippen molar-refractivity contribution in [2.75, 3.05) is 0 Å². The van der Waals surface area contributed by atoms with Crippen LogP contribution in [0, 0.1) is 6.92 Å². The monoisotopic (exact) mass is 357 g/mol. The second kappa shape index (κ2) is 7.79. The number of allylic oxidation sites excluding steroid dienone is 1. The molecule has 1 aromatic heterocycles. The molecule has 0 atom stereocenters. The van der Waals surface area contributed by atoms with E-state index in [9.17, 15) is 4.79 Å². The molecule has 0 aliphatic carbocycles. The molecule has 0 fully saturated rings. The van der Waals surface area contributed by atoms with Crippen molar-refractivity contribution in [1.29, 1.82) is 0 Å². The Morgan fingerprint density at radius 2 is 1.59 bits per heavy atom. The summed E-state index contributed by atoms with van der Waals surface area (Å²) < 4.78 is 0. The van der Waals surface area contributed by atoms with Gasteiger partial charge in [-0.2, -0.15) is 0 Å². The van der Waals surface area contributed by atoms with Crippen molar-refractivity contribution in [2.45, 2.75) is 39.5 Å². The van der Waals surface area contributed by atoms with E-state index in [2.05, 4.69) is 80.4 Å². The molecule has 2 heteroatoms. The lowest BCUT2D eigenvalue weighted by atomic mass is 9.86. The van der Waals surface area contributed by atoms with Gasteiger partial charge in [0.1, 0.15) is 0 Å². The Labute approximate surface area is 161 Å². The zero-order valence-corrected chi connectivity index (χ0v) is 16.5. The van der Waals surface area contributed by atoms with Crippen molar-refractivity contribution in [3.05, 3.63) is 111 Å². The summed E-state index contributed by atoms with van der Waals surface area (Å²) in [6, 6.07) is 22.9. The van der Waals surface area contributed by atoms with E-state index < -0.39 is 0 Å². The highest BCUT2D eigenvalue weighted by atomic mass is 16.1. The number of hydrogen-bond donors (Lipinski definition) is 1. The molecule has 3 rings (SSSR count). The number of rotatable bonds is 4. The van der Waals surface area contributed by atoms with E-state index >= 15 is 0 Å². The number of nitrogens with one attached hydrogen (secondary N) is 1. The van der Waals surface area contributed by atoms with E-state index in [1.165, 1.54) is 11.1 Å². The van der Waals surface area contributed by atoms with Gasteiger partial charge < -0.3 is 4.98 Å². The van der Waals surface area contributed by atoms with Gasteiger partial charge in [0.05, 0.1) is 0 Å². The summed E-state index contributed by atoms with van der Waals surface area (Å²) in [5.41, 5.74) is 6.36. The molecule has 0 radical (unpaired) electrons. The lowest BCUT2D eigenvalue weighted by molar-refractivity contribution is 0.590. The third-order valence-corrected chi connectivity index (χ3v) is 4.84. The first-order chi connectivity index (χ1) is 12.8. The Kier molecular flexibility index (Phi) is 5.46. The maximum Gasteiger partial charge on any atom is 0.251 e. The van der Waals surface area contributed by atoms with Gasteiger partial charge >= 0.3 is 0 Å². The van der Waals surface area contributed by atoms with Crippen LogP contribution < -0.4 is 5.56 Å². The highest BCUT2D eigenvalue weighted by Crippen LogP contribution is 2.27. The molecule has 1 heterocycles. The molecule has 0 unspecified atom stereocenters. The van der Waals surface area contributed by atoms with E-state index in [1.807, 2.05) is 25.1 Å². The molecule has 0 saturated heterocycles. The van der Waals surface area contributed by atoms with Crippen LogP contribution in [-0.4, -0.2) is 4.98 Å². The molecule has 0 bridgehead atoms. The van der Waals surface area contributed by atoms with Gasteiger partial charge in [0.15, 0.2) is 0 Å². The minimum absolute atomic E-state index is 0.0376. The molecular weight excluding hydrogens is 330 g/mol. The molecule has 2 nitrogen and oxygen atoms in total. The molecule has 27 heavy (non-hydrogen) atoms. The summed E-state index contributed by atoms with van der Waals surface area (Å²) in [5, 5.41) is 0. The molecular formula is C25H27NO. The molecule has 0 aliphatic heterocycles. The summed E-state index contributed by atoms with van der Waals surface area (Å²) in [6.07, 6.45) is 3.01. The molecule has 0 amide bonds. The van der Waals surface area contributed by atoms with Crippen molar-refractivity contribution in [2.24, 2.45) is 0 Å². The van der Waals surface area contributed by atoms with Gasteiger partial charge in [-0.3, -0.25) is 4.79 Å². The third-order valence-electron chi connectivity index (χ3n) is 4.84. The van der Waals surface area contributed by atoms with E-state index in [0.29, 0.717) is 0 Å².